The first kappa shape index (κ1) is 23.9. The van der Waals surface area contributed by atoms with Crippen LogP contribution in [0.1, 0.15) is 43.1 Å². The molecule has 9 nitrogen and oxygen atoms in total. The van der Waals surface area contributed by atoms with Crippen molar-refractivity contribution < 1.29 is 33.7 Å². The van der Waals surface area contributed by atoms with Gasteiger partial charge in [0.2, 0.25) is 0 Å². The van der Waals surface area contributed by atoms with Crippen molar-refractivity contribution in [2.45, 2.75) is 33.3 Å². The highest BCUT2D eigenvalue weighted by Crippen LogP contribution is 2.32. The number of benzene rings is 2. The van der Waals surface area contributed by atoms with E-state index in [0.29, 0.717) is 40.8 Å². The lowest BCUT2D eigenvalue weighted by atomic mass is 10.1. The number of carbonyl (C=O) groups is 2. The Bertz CT molecular complexity index is 1050. The molecule has 0 spiro atoms. The van der Waals surface area contributed by atoms with Gasteiger partial charge in [-0.3, -0.25) is 4.79 Å². The molecule has 1 N–H and O–H groups in total. The van der Waals surface area contributed by atoms with E-state index in [-0.39, 0.29) is 30.8 Å². The number of hydrogen-bond acceptors (Lipinski definition) is 7. The van der Waals surface area contributed by atoms with Crippen molar-refractivity contribution in [3.63, 3.8) is 0 Å². The van der Waals surface area contributed by atoms with Crippen LogP contribution in [0.5, 0.6) is 17.2 Å². The minimum atomic E-state index is -1.09. The summed E-state index contributed by atoms with van der Waals surface area (Å²) in [5.74, 6) is 0.0747. The second-order valence-corrected chi connectivity index (χ2v) is 7.75. The Balaban J connectivity index is 1.88. The smallest absolute Gasteiger partial charge is 0.335 e. The number of amides is 1. The molecule has 2 aromatic rings. The predicted octanol–water partition coefficient (Wildman–Crippen LogP) is 3.74. The maximum atomic E-state index is 12.0. The van der Waals surface area contributed by atoms with Crippen molar-refractivity contribution in [2.24, 2.45) is 5.16 Å². The number of carbonyl (C=O) groups excluding carboxylic acids is 1. The third-order valence-electron chi connectivity index (χ3n) is 4.72. The predicted molar refractivity (Wildman–Crippen MR) is 123 cm³/mol. The summed E-state index contributed by atoms with van der Waals surface area (Å²) in [6.45, 7) is 6.10. The van der Waals surface area contributed by atoms with Crippen LogP contribution in [0.25, 0.3) is 0 Å². The third kappa shape index (κ3) is 6.15. The van der Waals surface area contributed by atoms with E-state index < -0.39 is 5.97 Å². The zero-order chi connectivity index (χ0) is 24.0. The Hall–Kier alpha value is -3.75. The molecule has 0 fully saturated rings. The van der Waals surface area contributed by atoms with Gasteiger partial charge >= 0.3 is 5.97 Å². The highest BCUT2D eigenvalue weighted by atomic mass is 16.6. The van der Waals surface area contributed by atoms with Gasteiger partial charge in [0.15, 0.2) is 6.61 Å². The Kier molecular flexibility index (Phi) is 7.76. The van der Waals surface area contributed by atoms with Gasteiger partial charge in [-0.25, -0.2) is 4.79 Å². The number of nitrogens with zero attached hydrogens (tertiary/aromatic N) is 2. The first-order valence-electron chi connectivity index (χ1n) is 10.7. The molecule has 2 aromatic carbocycles. The summed E-state index contributed by atoms with van der Waals surface area (Å²) in [6.07, 6.45) is 0.655. The molecular weight excluding hydrogens is 428 g/mol. The summed E-state index contributed by atoms with van der Waals surface area (Å²) in [5.41, 5.74) is 1.83. The maximum absolute atomic E-state index is 12.0. The minimum Gasteiger partial charge on any atom is -0.491 e. The molecule has 9 heteroatoms. The molecule has 0 bridgehead atoms. The lowest BCUT2D eigenvalue weighted by molar-refractivity contribution is -0.120. The fraction of sp³-hybridized carbons (Fsp3) is 0.375. The lowest BCUT2D eigenvalue weighted by Crippen LogP contribution is -2.35. The van der Waals surface area contributed by atoms with Crippen LogP contribution in [-0.4, -0.2) is 55.7 Å². The molecule has 0 saturated carbocycles. The molecule has 0 aromatic heterocycles. The molecule has 3 rings (SSSR count). The zero-order valence-corrected chi connectivity index (χ0v) is 19.2. The van der Waals surface area contributed by atoms with Crippen molar-refractivity contribution in [1.82, 2.24) is 0 Å². The fourth-order valence-corrected chi connectivity index (χ4v) is 3.10. The van der Waals surface area contributed by atoms with Crippen molar-refractivity contribution >= 4 is 23.3 Å². The van der Waals surface area contributed by atoms with E-state index in [9.17, 15) is 14.7 Å². The molecule has 0 saturated heterocycles. The number of fused-ring (bicyclic) bond motifs is 1. The highest BCUT2D eigenvalue weighted by molar-refractivity contribution is 6.04. The summed E-state index contributed by atoms with van der Waals surface area (Å²) in [4.78, 5) is 30.5. The van der Waals surface area contributed by atoms with Gasteiger partial charge in [-0.05, 0) is 50.6 Å². The van der Waals surface area contributed by atoms with Crippen LogP contribution >= 0.6 is 0 Å². The molecule has 176 valence electrons. The number of likely N-dealkylation sites (N-methyl/N-ethyl adjacent to an activating group) is 1. The van der Waals surface area contributed by atoms with Crippen molar-refractivity contribution in [1.29, 1.82) is 0 Å². The monoisotopic (exact) mass is 456 g/mol. The van der Waals surface area contributed by atoms with Gasteiger partial charge < -0.3 is 29.1 Å². The molecule has 0 aliphatic carbocycles. The van der Waals surface area contributed by atoms with Crippen molar-refractivity contribution in [2.75, 3.05) is 31.8 Å². The maximum Gasteiger partial charge on any atom is 0.335 e. The number of aromatic carboxylic acids is 1. The Morgan fingerprint density at radius 2 is 1.94 bits per heavy atom. The molecule has 0 unspecified atom stereocenters. The zero-order valence-electron chi connectivity index (χ0n) is 19.2. The summed E-state index contributed by atoms with van der Waals surface area (Å²) in [5, 5.41) is 13.6. The molecule has 1 aliphatic rings. The van der Waals surface area contributed by atoms with Crippen LogP contribution in [0.4, 0.5) is 5.69 Å². The quantitative estimate of drug-likeness (QED) is 0.330. The lowest BCUT2D eigenvalue weighted by Gasteiger charge is -2.26. The van der Waals surface area contributed by atoms with E-state index >= 15 is 0 Å². The fourth-order valence-electron chi connectivity index (χ4n) is 3.10. The van der Waals surface area contributed by atoms with Gasteiger partial charge in [0.1, 0.15) is 36.2 Å². The SMILES string of the molecule is CCCON=C(COc1cc(OC(C)C)cc(C(=O)O)c1)c1ccc2c(c1)N(C)C(=O)CO2. The molecule has 33 heavy (non-hydrogen) atoms. The average molecular weight is 456 g/mol. The first-order chi connectivity index (χ1) is 15.8. The number of rotatable bonds is 10. The second kappa shape index (κ2) is 10.7. The molecular formula is C24H28N2O7. The largest absolute Gasteiger partial charge is 0.491 e. The van der Waals surface area contributed by atoms with Crippen molar-refractivity contribution in [3.8, 4) is 17.2 Å². The molecule has 0 atom stereocenters. The van der Waals surface area contributed by atoms with Gasteiger partial charge in [-0.1, -0.05) is 12.1 Å². The summed E-state index contributed by atoms with van der Waals surface area (Å²) >= 11 is 0. The van der Waals surface area contributed by atoms with Gasteiger partial charge in [0, 0.05) is 18.7 Å². The van der Waals surface area contributed by atoms with E-state index in [1.807, 2.05) is 20.8 Å². The Morgan fingerprint density at radius 1 is 1.18 bits per heavy atom. The highest BCUT2D eigenvalue weighted by Gasteiger charge is 2.23. The molecule has 0 radical (unpaired) electrons. The number of ether oxygens (including phenoxy) is 3. The number of oxime groups is 1. The Morgan fingerprint density at radius 3 is 2.64 bits per heavy atom. The molecule has 1 aliphatic heterocycles. The van der Waals surface area contributed by atoms with Crippen molar-refractivity contribution in [3.05, 3.63) is 47.5 Å². The van der Waals surface area contributed by atoms with Crippen LogP contribution < -0.4 is 19.1 Å². The van der Waals surface area contributed by atoms with E-state index in [4.69, 9.17) is 19.0 Å². The van der Waals surface area contributed by atoms with Crippen LogP contribution in [0.15, 0.2) is 41.6 Å². The van der Waals surface area contributed by atoms with E-state index in [0.717, 1.165) is 6.42 Å². The summed E-state index contributed by atoms with van der Waals surface area (Å²) in [6, 6.07) is 9.86. The van der Waals surface area contributed by atoms with E-state index in [2.05, 4.69) is 5.16 Å². The molecule has 1 heterocycles. The number of carboxylic acids is 1. The summed E-state index contributed by atoms with van der Waals surface area (Å²) in [7, 11) is 1.68. The normalized spacial score (nSPS) is 13.4. The number of carboxylic acid groups (broad SMARTS) is 1. The number of anilines is 1. The first-order valence-corrected chi connectivity index (χ1v) is 10.7. The van der Waals surface area contributed by atoms with Crippen LogP contribution in [-0.2, 0) is 9.63 Å². The second-order valence-electron chi connectivity index (χ2n) is 7.75. The van der Waals surface area contributed by atoms with Gasteiger partial charge in [0.25, 0.3) is 5.91 Å². The van der Waals surface area contributed by atoms with Crippen LogP contribution in [0.2, 0.25) is 0 Å². The van der Waals surface area contributed by atoms with E-state index in [1.165, 1.54) is 17.0 Å². The standard InChI is InChI=1S/C24H28N2O7/c1-5-8-32-25-20(16-6-7-22-21(11-16)26(4)23(27)14-31-22)13-30-18-9-17(24(28)29)10-19(12-18)33-15(2)3/h6-7,9-12,15H,5,8,13-14H2,1-4H3,(H,28,29). The third-order valence-corrected chi connectivity index (χ3v) is 4.72. The van der Waals surface area contributed by atoms with Crippen LogP contribution in [0.3, 0.4) is 0 Å². The van der Waals surface area contributed by atoms with Crippen LogP contribution in [0, 0.1) is 0 Å². The average Bonchev–Trinajstić information content (AvgIpc) is 2.78. The molecule has 1 amide bonds. The number of hydrogen-bond donors (Lipinski definition) is 1. The Labute approximate surface area is 192 Å². The van der Waals surface area contributed by atoms with Gasteiger partial charge in [-0.15, -0.1) is 0 Å². The topological polar surface area (TPSA) is 107 Å². The van der Waals surface area contributed by atoms with E-state index in [1.54, 1.807) is 31.3 Å². The van der Waals surface area contributed by atoms with Gasteiger partial charge in [-0.2, -0.15) is 0 Å². The summed E-state index contributed by atoms with van der Waals surface area (Å²) < 4.78 is 17.0. The van der Waals surface area contributed by atoms with Gasteiger partial charge in [0.05, 0.1) is 17.4 Å². The minimum absolute atomic E-state index is 0.00517.